The molecule has 80 valence electrons. The summed E-state index contributed by atoms with van der Waals surface area (Å²) in [5, 5.41) is 0. The third-order valence-corrected chi connectivity index (χ3v) is 3.11. The topological polar surface area (TPSA) is 55.6 Å². The molecule has 0 radical (unpaired) electrons. The van der Waals surface area contributed by atoms with E-state index in [1.54, 1.807) is 0 Å². The van der Waals surface area contributed by atoms with Gasteiger partial charge < -0.3 is 15.4 Å². The number of amides is 1. The fourth-order valence-corrected chi connectivity index (χ4v) is 2.28. The van der Waals surface area contributed by atoms with Crippen LogP contribution >= 0.6 is 0 Å². The van der Waals surface area contributed by atoms with Crippen molar-refractivity contribution in [3.8, 4) is 0 Å². The smallest absolute Gasteiger partial charge is 0.241 e. The second kappa shape index (κ2) is 3.21. The number of β-lactam (4-membered cyclic amide) rings is 1. The molecular formula is C10H18N2O2. The van der Waals surface area contributed by atoms with Crippen LogP contribution in [0.3, 0.4) is 0 Å². The van der Waals surface area contributed by atoms with Crippen molar-refractivity contribution in [1.29, 1.82) is 0 Å². The number of likely N-dealkylation sites (tertiary alicyclic amines) is 1. The van der Waals surface area contributed by atoms with Crippen LogP contribution in [0.25, 0.3) is 0 Å². The van der Waals surface area contributed by atoms with Gasteiger partial charge in [0.2, 0.25) is 5.91 Å². The van der Waals surface area contributed by atoms with Gasteiger partial charge in [-0.2, -0.15) is 0 Å². The summed E-state index contributed by atoms with van der Waals surface area (Å²) in [6.45, 7) is 5.61. The van der Waals surface area contributed by atoms with Gasteiger partial charge in [0, 0.05) is 19.2 Å². The molecular weight excluding hydrogens is 180 g/mol. The van der Waals surface area contributed by atoms with Gasteiger partial charge in [-0.3, -0.25) is 4.79 Å². The minimum absolute atomic E-state index is 0.0944. The molecule has 2 atom stereocenters. The molecule has 2 saturated heterocycles. The van der Waals surface area contributed by atoms with Gasteiger partial charge in [0.15, 0.2) is 0 Å². The number of hydrogen-bond acceptors (Lipinski definition) is 3. The number of nitrogens with two attached hydrogens (primary N) is 1. The first-order valence-electron chi connectivity index (χ1n) is 5.20. The highest BCUT2D eigenvalue weighted by molar-refractivity contribution is 5.88. The highest BCUT2D eigenvalue weighted by atomic mass is 16.5. The minimum atomic E-state index is -0.249. The Kier molecular flexibility index (Phi) is 2.27. The van der Waals surface area contributed by atoms with Crippen LogP contribution in [-0.4, -0.2) is 41.6 Å². The molecule has 2 aliphatic heterocycles. The van der Waals surface area contributed by atoms with Crippen molar-refractivity contribution in [3.05, 3.63) is 0 Å². The van der Waals surface area contributed by atoms with E-state index in [0.29, 0.717) is 6.04 Å². The monoisotopic (exact) mass is 198 g/mol. The predicted octanol–water partition coefficient (Wildman–Crippen LogP) is 0.113. The van der Waals surface area contributed by atoms with Gasteiger partial charge in [-0.25, -0.2) is 0 Å². The van der Waals surface area contributed by atoms with Gasteiger partial charge in [0.1, 0.15) is 6.04 Å². The minimum Gasteiger partial charge on any atom is -0.375 e. The first kappa shape index (κ1) is 9.93. The number of rotatable bonds is 1. The van der Waals surface area contributed by atoms with Crippen molar-refractivity contribution < 1.29 is 9.53 Å². The Morgan fingerprint density at radius 3 is 2.79 bits per heavy atom. The second-order valence-electron chi connectivity index (χ2n) is 4.85. The normalized spacial score (nSPS) is 36.8. The van der Waals surface area contributed by atoms with E-state index < -0.39 is 0 Å². The van der Waals surface area contributed by atoms with Crippen molar-refractivity contribution in [2.45, 2.75) is 44.4 Å². The molecule has 14 heavy (non-hydrogen) atoms. The van der Waals surface area contributed by atoms with E-state index in [4.69, 9.17) is 10.5 Å². The fourth-order valence-electron chi connectivity index (χ4n) is 2.28. The predicted molar refractivity (Wildman–Crippen MR) is 52.7 cm³/mol. The van der Waals surface area contributed by atoms with Crippen LogP contribution in [0.15, 0.2) is 0 Å². The summed E-state index contributed by atoms with van der Waals surface area (Å²) in [5.74, 6) is 0.104. The first-order valence-corrected chi connectivity index (χ1v) is 5.20. The highest BCUT2D eigenvalue weighted by Crippen LogP contribution is 2.29. The number of carbonyl (C=O) groups excluding carboxylic acids is 1. The standard InChI is InChI=1S/C10H18N2O2/c1-10(2)5-7(3-4-14-10)12-6-8(11)9(12)13/h7-8H,3-6,11H2,1-2H3. The van der Waals surface area contributed by atoms with Gasteiger partial charge >= 0.3 is 0 Å². The molecule has 2 unspecified atom stereocenters. The third-order valence-electron chi connectivity index (χ3n) is 3.11. The van der Waals surface area contributed by atoms with Crippen LogP contribution in [-0.2, 0) is 9.53 Å². The van der Waals surface area contributed by atoms with E-state index in [1.165, 1.54) is 0 Å². The van der Waals surface area contributed by atoms with Gasteiger partial charge in [-0.15, -0.1) is 0 Å². The zero-order chi connectivity index (χ0) is 10.3. The Bertz CT molecular complexity index is 253. The van der Waals surface area contributed by atoms with E-state index in [0.717, 1.165) is 26.0 Å². The Hall–Kier alpha value is -0.610. The molecule has 4 heteroatoms. The van der Waals surface area contributed by atoms with Gasteiger partial charge in [-0.05, 0) is 26.7 Å². The van der Waals surface area contributed by atoms with Crippen LogP contribution in [0.2, 0.25) is 0 Å². The maximum Gasteiger partial charge on any atom is 0.241 e. The molecule has 0 saturated carbocycles. The van der Waals surface area contributed by atoms with Gasteiger partial charge in [0.25, 0.3) is 0 Å². The summed E-state index contributed by atoms with van der Waals surface area (Å²) >= 11 is 0. The lowest BCUT2D eigenvalue weighted by atomic mass is 9.90. The van der Waals surface area contributed by atoms with Crippen molar-refractivity contribution in [2.75, 3.05) is 13.2 Å². The zero-order valence-electron chi connectivity index (χ0n) is 8.82. The molecule has 4 nitrogen and oxygen atoms in total. The highest BCUT2D eigenvalue weighted by Gasteiger charge is 2.41. The van der Waals surface area contributed by atoms with E-state index in [-0.39, 0.29) is 17.6 Å². The number of carbonyl (C=O) groups is 1. The lowest BCUT2D eigenvalue weighted by Crippen LogP contribution is -2.65. The summed E-state index contributed by atoms with van der Waals surface area (Å²) in [6, 6.07) is 0.0898. The fraction of sp³-hybridized carbons (Fsp3) is 0.900. The maximum atomic E-state index is 11.4. The van der Waals surface area contributed by atoms with Gasteiger partial charge in [0.05, 0.1) is 5.60 Å². The molecule has 0 bridgehead atoms. The van der Waals surface area contributed by atoms with Crippen LogP contribution < -0.4 is 5.73 Å². The number of ether oxygens (including phenoxy) is 1. The molecule has 0 aromatic heterocycles. The summed E-state index contributed by atoms with van der Waals surface area (Å²) in [6.07, 6.45) is 1.87. The quantitative estimate of drug-likeness (QED) is 0.609. The molecule has 2 fully saturated rings. The molecule has 2 heterocycles. The van der Waals surface area contributed by atoms with E-state index >= 15 is 0 Å². The average Bonchev–Trinajstić information content (AvgIpc) is 2.12. The number of nitrogens with zero attached hydrogens (tertiary/aromatic N) is 1. The van der Waals surface area contributed by atoms with Crippen LogP contribution in [0.5, 0.6) is 0 Å². The lowest BCUT2D eigenvalue weighted by Gasteiger charge is -2.47. The maximum absolute atomic E-state index is 11.4. The molecule has 0 aromatic carbocycles. The summed E-state index contributed by atoms with van der Waals surface area (Å²) in [5.41, 5.74) is 5.47. The molecule has 0 aromatic rings. The molecule has 2 aliphatic rings. The van der Waals surface area contributed by atoms with Crippen molar-refractivity contribution in [1.82, 2.24) is 4.90 Å². The Morgan fingerprint density at radius 2 is 2.29 bits per heavy atom. The van der Waals surface area contributed by atoms with E-state index in [2.05, 4.69) is 13.8 Å². The van der Waals surface area contributed by atoms with Crippen LogP contribution in [0.4, 0.5) is 0 Å². The first-order chi connectivity index (χ1) is 6.49. The van der Waals surface area contributed by atoms with Crippen molar-refractivity contribution in [2.24, 2.45) is 5.73 Å². The van der Waals surface area contributed by atoms with Crippen molar-refractivity contribution in [3.63, 3.8) is 0 Å². The summed E-state index contributed by atoms with van der Waals surface area (Å²) in [7, 11) is 0. The van der Waals surface area contributed by atoms with E-state index in [1.807, 2.05) is 4.90 Å². The average molecular weight is 198 g/mol. The zero-order valence-corrected chi connectivity index (χ0v) is 8.82. The molecule has 1 amide bonds. The summed E-state index contributed by atoms with van der Waals surface area (Å²) < 4.78 is 5.61. The Morgan fingerprint density at radius 1 is 1.57 bits per heavy atom. The SMILES string of the molecule is CC1(C)CC(N2CC(N)C2=O)CCO1. The third kappa shape index (κ3) is 1.64. The lowest BCUT2D eigenvalue weighted by molar-refractivity contribution is -0.153. The molecule has 0 spiro atoms. The number of hydrogen-bond donors (Lipinski definition) is 1. The summed E-state index contributed by atoms with van der Waals surface area (Å²) in [4.78, 5) is 13.3. The molecule has 0 aliphatic carbocycles. The second-order valence-corrected chi connectivity index (χ2v) is 4.85. The largest absolute Gasteiger partial charge is 0.375 e. The Balaban J connectivity index is 1.96. The molecule has 2 rings (SSSR count). The van der Waals surface area contributed by atoms with Crippen LogP contribution in [0, 0.1) is 0 Å². The van der Waals surface area contributed by atoms with Crippen molar-refractivity contribution >= 4 is 5.91 Å². The van der Waals surface area contributed by atoms with Crippen LogP contribution in [0.1, 0.15) is 26.7 Å². The van der Waals surface area contributed by atoms with E-state index in [9.17, 15) is 4.79 Å². The molecule has 2 N–H and O–H groups in total. The Labute approximate surface area is 84.4 Å². The van der Waals surface area contributed by atoms with Gasteiger partial charge in [-0.1, -0.05) is 0 Å².